The molecule has 10 heteroatoms. The Morgan fingerprint density at radius 1 is 1.24 bits per heavy atom. The second-order valence-electron chi connectivity index (χ2n) is 6.71. The van der Waals surface area contributed by atoms with E-state index < -0.39 is 5.97 Å². The standard InChI is InChI=1S/C19H24N4O5S/c1-5-23-16(12-7-8-12)21-22-19(23)29-9-13(25)20-17-15(18(26)27-6-2)14(10(3)24)11(4)28-17/h12H,5-9H2,1-4H3,(H,20,25). The van der Waals surface area contributed by atoms with Crippen LogP contribution < -0.4 is 5.32 Å². The molecule has 0 spiro atoms. The van der Waals surface area contributed by atoms with E-state index in [-0.39, 0.29) is 46.8 Å². The molecule has 0 aromatic carbocycles. The molecule has 1 saturated carbocycles. The van der Waals surface area contributed by atoms with E-state index >= 15 is 0 Å². The number of thioether (sulfide) groups is 1. The second kappa shape index (κ2) is 8.81. The Labute approximate surface area is 172 Å². The second-order valence-corrected chi connectivity index (χ2v) is 7.65. The number of esters is 1. The molecule has 9 nitrogen and oxygen atoms in total. The molecular weight excluding hydrogens is 396 g/mol. The van der Waals surface area contributed by atoms with E-state index in [9.17, 15) is 14.4 Å². The van der Waals surface area contributed by atoms with Crippen LogP contribution in [0.1, 0.15) is 71.8 Å². The highest BCUT2D eigenvalue weighted by Gasteiger charge is 2.31. The highest BCUT2D eigenvalue weighted by Crippen LogP contribution is 2.40. The van der Waals surface area contributed by atoms with Crippen LogP contribution in [-0.4, -0.2) is 44.8 Å². The number of ketones is 1. The number of amides is 1. The van der Waals surface area contributed by atoms with Crippen molar-refractivity contribution in [3.8, 4) is 0 Å². The van der Waals surface area contributed by atoms with Gasteiger partial charge in [0, 0.05) is 12.5 Å². The van der Waals surface area contributed by atoms with Gasteiger partial charge in [0.15, 0.2) is 10.9 Å². The molecule has 0 atom stereocenters. The molecule has 0 saturated heterocycles. The van der Waals surface area contributed by atoms with Crippen LogP contribution in [-0.2, 0) is 16.1 Å². The minimum atomic E-state index is -0.711. The van der Waals surface area contributed by atoms with Crippen LogP contribution in [0.4, 0.5) is 5.88 Å². The summed E-state index contributed by atoms with van der Waals surface area (Å²) in [4.78, 5) is 36.7. The van der Waals surface area contributed by atoms with Gasteiger partial charge in [-0.25, -0.2) is 4.79 Å². The first-order valence-corrected chi connectivity index (χ1v) is 10.5. The first-order valence-electron chi connectivity index (χ1n) is 9.54. The largest absolute Gasteiger partial charge is 0.462 e. The zero-order valence-corrected chi connectivity index (χ0v) is 17.7. The Balaban J connectivity index is 1.73. The summed E-state index contributed by atoms with van der Waals surface area (Å²) in [6, 6.07) is 0. The number of anilines is 1. The summed E-state index contributed by atoms with van der Waals surface area (Å²) in [7, 11) is 0. The van der Waals surface area contributed by atoms with Gasteiger partial charge < -0.3 is 13.7 Å². The van der Waals surface area contributed by atoms with Crippen molar-refractivity contribution in [3.63, 3.8) is 0 Å². The van der Waals surface area contributed by atoms with Crippen molar-refractivity contribution in [1.29, 1.82) is 0 Å². The molecule has 0 radical (unpaired) electrons. The fourth-order valence-electron chi connectivity index (χ4n) is 3.10. The fraction of sp³-hybridized carbons (Fsp3) is 0.526. The summed E-state index contributed by atoms with van der Waals surface area (Å²) in [6.45, 7) is 7.44. The maximum Gasteiger partial charge on any atom is 0.344 e. The lowest BCUT2D eigenvalue weighted by molar-refractivity contribution is -0.113. The number of rotatable bonds is 9. The molecule has 1 aliphatic rings. The third kappa shape index (κ3) is 4.52. The molecular formula is C19H24N4O5S. The molecule has 0 aliphatic heterocycles. The van der Waals surface area contributed by atoms with Gasteiger partial charge in [-0.1, -0.05) is 11.8 Å². The number of Topliss-reactive ketones (excluding diaryl/α,β-unsaturated/α-hetero) is 1. The Morgan fingerprint density at radius 2 is 1.97 bits per heavy atom. The molecule has 2 aromatic heterocycles. The molecule has 0 bridgehead atoms. The van der Waals surface area contributed by atoms with Crippen LogP contribution >= 0.6 is 11.8 Å². The van der Waals surface area contributed by atoms with E-state index in [4.69, 9.17) is 9.15 Å². The van der Waals surface area contributed by atoms with Crippen LogP contribution in [0, 0.1) is 6.92 Å². The molecule has 1 N–H and O–H groups in total. The molecule has 1 amide bonds. The van der Waals surface area contributed by atoms with Crippen LogP contribution in [0.3, 0.4) is 0 Å². The van der Waals surface area contributed by atoms with Gasteiger partial charge in [-0.3, -0.25) is 14.9 Å². The summed E-state index contributed by atoms with van der Waals surface area (Å²) < 4.78 is 12.5. The minimum absolute atomic E-state index is 0.0528. The number of ether oxygens (including phenoxy) is 1. The van der Waals surface area contributed by atoms with E-state index in [2.05, 4.69) is 15.5 Å². The van der Waals surface area contributed by atoms with E-state index in [0.717, 1.165) is 25.2 Å². The molecule has 0 unspecified atom stereocenters. The number of carbonyl (C=O) groups excluding carboxylic acids is 3. The maximum absolute atomic E-state index is 12.5. The van der Waals surface area contributed by atoms with Crippen LogP contribution in [0.25, 0.3) is 0 Å². The Morgan fingerprint density at radius 3 is 2.55 bits per heavy atom. The maximum atomic E-state index is 12.5. The predicted molar refractivity (Wildman–Crippen MR) is 106 cm³/mol. The van der Waals surface area contributed by atoms with Crippen LogP contribution in [0.15, 0.2) is 9.57 Å². The molecule has 156 valence electrons. The van der Waals surface area contributed by atoms with Crippen molar-refractivity contribution in [1.82, 2.24) is 14.8 Å². The SMILES string of the molecule is CCOC(=O)c1c(NC(=O)CSc2nnc(C3CC3)n2CC)oc(C)c1C(C)=O. The molecule has 29 heavy (non-hydrogen) atoms. The lowest BCUT2D eigenvalue weighted by Gasteiger charge is -2.07. The highest BCUT2D eigenvalue weighted by molar-refractivity contribution is 7.99. The highest BCUT2D eigenvalue weighted by atomic mass is 32.2. The van der Waals surface area contributed by atoms with Crippen LogP contribution in [0.2, 0.25) is 0 Å². The summed E-state index contributed by atoms with van der Waals surface area (Å²) in [5.41, 5.74) is 0.0640. The normalized spacial score (nSPS) is 13.4. The van der Waals surface area contributed by atoms with Crippen molar-refractivity contribution in [2.45, 2.75) is 58.2 Å². The minimum Gasteiger partial charge on any atom is -0.462 e. The van der Waals surface area contributed by atoms with Gasteiger partial charge in [-0.05, 0) is 40.5 Å². The van der Waals surface area contributed by atoms with Gasteiger partial charge in [0.1, 0.15) is 17.1 Å². The molecule has 1 fully saturated rings. The number of furan rings is 1. The number of aryl methyl sites for hydroxylation is 1. The van der Waals surface area contributed by atoms with Gasteiger partial charge in [0.25, 0.3) is 0 Å². The monoisotopic (exact) mass is 420 g/mol. The van der Waals surface area contributed by atoms with Crippen molar-refractivity contribution < 1.29 is 23.5 Å². The summed E-state index contributed by atoms with van der Waals surface area (Å²) >= 11 is 1.26. The number of nitrogens with one attached hydrogen (secondary N) is 1. The third-order valence-corrected chi connectivity index (χ3v) is 5.47. The first-order chi connectivity index (χ1) is 13.9. The van der Waals surface area contributed by atoms with Gasteiger partial charge in [-0.15, -0.1) is 10.2 Å². The van der Waals surface area contributed by atoms with Crippen molar-refractivity contribution in [3.05, 3.63) is 22.7 Å². The predicted octanol–water partition coefficient (Wildman–Crippen LogP) is 3.19. The number of carbonyl (C=O) groups is 3. The average Bonchev–Trinajstić information content (AvgIpc) is 3.34. The Bertz CT molecular complexity index is 945. The quantitative estimate of drug-likeness (QED) is 0.373. The number of nitrogens with zero attached hydrogens (tertiary/aromatic N) is 3. The average molecular weight is 420 g/mol. The third-order valence-electron chi connectivity index (χ3n) is 4.51. The topological polar surface area (TPSA) is 116 Å². The molecule has 3 rings (SSSR count). The van der Waals surface area contributed by atoms with E-state index in [1.54, 1.807) is 13.8 Å². The smallest absolute Gasteiger partial charge is 0.344 e. The van der Waals surface area contributed by atoms with Crippen molar-refractivity contribution >= 4 is 35.3 Å². The molecule has 1 aliphatic carbocycles. The molecule has 2 aromatic rings. The Hall–Kier alpha value is -2.62. The fourth-order valence-corrected chi connectivity index (χ4v) is 3.90. The van der Waals surface area contributed by atoms with E-state index in [1.807, 2.05) is 11.5 Å². The Kier molecular flexibility index (Phi) is 6.41. The zero-order chi connectivity index (χ0) is 21.1. The molecule has 2 heterocycles. The summed E-state index contributed by atoms with van der Waals surface area (Å²) in [5, 5.41) is 11.7. The van der Waals surface area contributed by atoms with Gasteiger partial charge in [0.05, 0.1) is 17.9 Å². The number of hydrogen-bond acceptors (Lipinski definition) is 8. The first kappa shape index (κ1) is 21.1. The van der Waals surface area contributed by atoms with Crippen molar-refractivity contribution in [2.75, 3.05) is 17.7 Å². The van der Waals surface area contributed by atoms with Gasteiger partial charge in [0.2, 0.25) is 11.8 Å². The summed E-state index contributed by atoms with van der Waals surface area (Å²) in [6.07, 6.45) is 2.24. The zero-order valence-electron chi connectivity index (χ0n) is 16.9. The van der Waals surface area contributed by atoms with E-state index in [1.165, 1.54) is 18.7 Å². The van der Waals surface area contributed by atoms with Crippen LogP contribution in [0.5, 0.6) is 0 Å². The number of hydrogen-bond donors (Lipinski definition) is 1. The summed E-state index contributed by atoms with van der Waals surface area (Å²) in [5.74, 6) is 0.228. The van der Waals surface area contributed by atoms with E-state index in [0.29, 0.717) is 11.1 Å². The lowest BCUT2D eigenvalue weighted by atomic mass is 10.1. The lowest BCUT2D eigenvalue weighted by Crippen LogP contribution is -2.18. The van der Waals surface area contributed by atoms with Crippen molar-refractivity contribution in [2.24, 2.45) is 0 Å². The number of aromatic nitrogens is 3. The van der Waals surface area contributed by atoms with Gasteiger partial charge >= 0.3 is 5.97 Å². The van der Waals surface area contributed by atoms with Gasteiger partial charge in [-0.2, -0.15) is 0 Å².